The molecular weight excluding hydrogens is 1250 g/mol. The third kappa shape index (κ3) is 33.0. The zero-order valence-electron chi connectivity index (χ0n) is 50.6. The van der Waals surface area contributed by atoms with Crippen LogP contribution in [0.4, 0.5) is 0 Å². The molecule has 530 valence electrons. The first kappa shape index (κ1) is 85.0. The molecule has 0 unspecified atom stereocenters. The Morgan fingerprint density at radius 3 is 0.783 bits per heavy atom. The number of aliphatic hydroxyl groups is 15. The summed E-state index contributed by atoms with van der Waals surface area (Å²) in [6.07, 6.45) is -34.1. The lowest BCUT2D eigenvalue weighted by Gasteiger charge is -2.28. The minimum Gasteiger partial charge on any atom is -0.481 e. The summed E-state index contributed by atoms with van der Waals surface area (Å²) >= 11 is 0. The molecule has 40 nitrogen and oxygen atoms in total. The van der Waals surface area contributed by atoms with E-state index in [0.717, 1.165) is 0 Å². The van der Waals surface area contributed by atoms with E-state index in [2.05, 4.69) is 47.9 Å². The fraction of sp³-hybridized carbons (Fsp3) is 0.769. The van der Waals surface area contributed by atoms with E-state index in [9.17, 15) is 134 Å². The SMILES string of the molecule is CN[C@@H](CCC(=O)NC[C@H](O)[C@@H](O)[C@H](O)[C@H](O)CO)C(=O)N[C@H](CCC(=O)O)C(=O)N[C@@H](CCC(=O)NC[C@H](O)[C@@H](O)[C@H](O)[C@H](O)CO)C(=O)N[C@H](CCC(=O)O)C(=O)N[C@@H](CCC(=O)NC[C@H](O)[C@@H](O)[C@H](O)[C@H](O)CO)C(=O)N[C@H](CCC(=O)O)C(=O)OC(C)C. The van der Waals surface area contributed by atoms with Crippen molar-refractivity contribution >= 4 is 71.1 Å². The van der Waals surface area contributed by atoms with Crippen LogP contribution >= 0.6 is 0 Å². The first-order chi connectivity index (χ1) is 43.0. The normalized spacial score (nSPS) is 17.4. The Kier molecular flexibility index (Phi) is 41.1. The topological polar surface area (TPSA) is 686 Å². The summed E-state index contributed by atoms with van der Waals surface area (Å²) in [5.74, 6) is -15.5. The Morgan fingerprint density at radius 1 is 0.326 bits per heavy atom. The molecule has 0 heterocycles. The van der Waals surface area contributed by atoms with Gasteiger partial charge in [-0.2, -0.15) is 0 Å². The zero-order chi connectivity index (χ0) is 70.7. The number of aliphatic carboxylic acids is 3. The van der Waals surface area contributed by atoms with Crippen molar-refractivity contribution in [1.82, 2.24) is 47.9 Å². The number of ether oxygens (including phenoxy) is 1. The van der Waals surface area contributed by atoms with E-state index in [-0.39, 0.29) is 0 Å². The standard InChI is InChI=1S/C52H91N9O31/c1-22(2)92-52(91)28(9-15-40(78)79)61-51(90)25(6-12-37(73)56-18-31(67)43(82)46(85)34(70)21-64)59-50(89)27(8-14-39(76)77)60-48(87)24(5-11-36(72)55-17-30(66)42(81)45(84)33(69)20-63)58-49(88)26(7-13-38(74)75)57-47(86)23(53-3)4-10-35(71)54-16-29(65)41(80)44(83)32(68)19-62/h22-34,41-46,53,62-70,80-85H,4-21H2,1-3H3,(H,54,71)(H,55,72)(H,56,73)(H,57,86)(H,58,88)(H,59,89)(H,60,87)(H,61,90)(H,74,75)(H,76,77)(H,78,79)/t23-,24-,25-,26+,27+,28+,29-,30-,31-,32+,33+,34+,41+,42+,43+,44+,45+,46+/m0/s1. The van der Waals surface area contributed by atoms with Crippen LogP contribution in [0.2, 0.25) is 0 Å². The Hall–Kier alpha value is -7.00. The van der Waals surface area contributed by atoms with Crippen LogP contribution in [0.3, 0.4) is 0 Å². The number of nitrogens with one attached hydrogen (secondary N) is 9. The minimum atomic E-state index is -2.17. The summed E-state index contributed by atoms with van der Waals surface area (Å²) < 4.78 is 5.13. The van der Waals surface area contributed by atoms with Gasteiger partial charge in [0.05, 0.1) is 50.3 Å². The van der Waals surface area contributed by atoms with Gasteiger partial charge in [-0.25, -0.2) is 4.79 Å². The molecule has 0 saturated carbocycles. The van der Waals surface area contributed by atoms with Gasteiger partial charge in [0.25, 0.3) is 0 Å². The van der Waals surface area contributed by atoms with Crippen molar-refractivity contribution in [3.63, 3.8) is 0 Å². The van der Waals surface area contributed by atoms with Crippen molar-refractivity contribution in [3.05, 3.63) is 0 Å². The van der Waals surface area contributed by atoms with E-state index in [4.69, 9.17) is 20.1 Å². The molecule has 0 radical (unpaired) electrons. The molecule has 0 bridgehead atoms. The molecule has 0 aromatic heterocycles. The van der Waals surface area contributed by atoms with Gasteiger partial charge in [0.1, 0.15) is 85.1 Å². The van der Waals surface area contributed by atoms with Gasteiger partial charge in [-0.15, -0.1) is 0 Å². The molecule has 0 aliphatic carbocycles. The third-order valence-electron chi connectivity index (χ3n) is 13.6. The Balaban J connectivity index is 7.34. The van der Waals surface area contributed by atoms with Crippen molar-refractivity contribution in [3.8, 4) is 0 Å². The lowest BCUT2D eigenvalue weighted by atomic mass is 10.0. The number of carbonyl (C=O) groups is 12. The summed E-state index contributed by atoms with van der Waals surface area (Å²) in [6, 6.07) is -11.3. The molecule has 0 saturated heterocycles. The van der Waals surface area contributed by atoms with Gasteiger partial charge in [-0.1, -0.05) is 0 Å². The van der Waals surface area contributed by atoms with E-state index in [0.29, 0.717) is 0 Å². The summed E-state index contributed by atoms with van der Waals surface area (Å²) in [7, 11) is 1.23. The highest BCUT2D eigenvalue weighted by atomic mass is 16.5. The Labute approximate surface area is 525 Å². The van der Waals surface area contributed by atoms with Crippen LogP contribution in [0.5, 0.6) is 0 Å². The average molecular weight is 1340 g/mol. The van der Waals surface area contributed by atoms with Crippen LogP contribution in [-0.2, 0) is 62.3 Å². The van der Waals surface area contributed by atoms with Crippen LogP contribution in [0.25, 0.3) is 0 Å². The Morgan fingerprint density at radius 2 is 0.543 bits per heavy atom. The van der Waals surface area contributed by atoms with Crippen LogP contribution in [0.15, 0.2) is 0 Å². The van der Waals surface area contributed by atoms with Gasteiger partial charge in [-0.05, 0) is 59.4 Å². The van der Waals surface area contributed by atoms with E-state index in [1.807, 2.05) is 0 Å². The smallest absolute Gasteiger partial charge is 0.328 e. The number of carbonyl (C=O) groups excluding carboxylic acids is 9. The lowest BCUT2D eigenvalue weighted by molar-refractivity contribution is -0.152. The van der Waals surface area contributed by atoms with Crippen LogP contribution < -0.4 is 47.9 Å². The molecule has 0 rings (SSSR count). The second-order valence-electron chi connectivity index (χ2n) is 21.4. The maximum absolute atomic E-state index is 14.4. The van der Waals surface area contributed by atoms with E-state index in [1.54, 1.807) is 0 Å². The minimum absolute atomic E-state index is 0.398. The van der Waals surface area contributed by atoms with E-state index >= 15 is 0 Å². The van der Waals surface area contributed by atoms with Gasteiger partial charge < -0.3 is 145 Å². The second kappa shape index (κ2) is 44.5. The lowest BCUT2D eigenvalue weighted by Crippen LogP contribution is -2.59. The van der Waals surface area contributed by atoms with Crippen molar-refractivity contribution in [2.24, 2.45) is 0 Å². The fourth-order valence-corrected chi connectivity index (χ4v) is 8.01. The number of rotatable bonds is 49. The van der Waals surface area contributed by atoms with Gasteiger partial charge in [0, 0.05) is 58.2 Å². The molecule has 0 aromatic carbocycles. The second-order valence-corrected chi connectivity index (χ2v) is 21.4. The van der Waals surface area contributed by atoms with Gasteiger partial charge in [-0.3, -0.25) is 52.7 Å². The molecule has 0 fully saturated rings. The highest BCUT2D eigenvalue weighted by Gasteiger charge is 2.37. The molecule has 40 heteroatoms. The predicted molar refractivity (Wildman–Crippen MR) is 304 cm³/mol. The number of carboxylic acid groups (broad SMARTS) is 3. The van der Waals surface area contributed by atoms with Crippen LogP contribution in [0, 0.1) is 0 Å². The molecule has 0 aliphatic heterocycles. The summed E-state index contributed by atoms with van der Waals surface area (Å²) in [6.45, 7) is -2.71. The number of hydrogen-bond donors (Lipinski definition) is 27. The summed E-state index contributed by atoms with van der Waals surface area (Å²) in [5.41, 5.74) is 0. The number of esters is 1. The van der Waals surface area contributed by atoms with E-state index < -0.39 is 303 Å². The largest absolute Gasteiger partial charge is 0.481 e. The maximum atomic E-state index is 14.4. The van der Waals surface area contributed by atoms with Crippen LogP contribution in [-0.4, -0.2) is 325 Å². The molecule has 18 atom stereocenters. The highest BCUT2D eigenvalue weighted by Crippen LogP contribution is 2.13. The monoisotopic (exact) mass is 1340 g/mol. The number of carboxylic acids is 3. The molecule has 0 aliphatic rings. The van der Waals surface area contributed by atoms with Crippen LogP contribution in [0.1, 0.15) is 90.9 Å². The van der Waals surface area contributed by atoms with Gasteiger partial charge in [0.15, 0.2) is 0 Å². The predicted octanol–water partition coefficient (Wildman–Crippen LogP) is -13.5. The highest BCUT2D eigenvalue weighted by molar-refractivity contribution is 5.97. The molecule has 92 heavy (non-hydrogen) atoms. The number of amides is 8. The van der Waals surface area contributed by atoms with Gasteiger partial charge in [0.2, 0.25) is 47.3 Å². The maximum Gasteiger partial charge on any atom is 0.328 e. The first-order valence-corrected chi connectivity index (χ1v) is 28.8. The quantitative estimate of drug-likeness (QED) is 0.0252. The molecule has 0 aromatic rings. The van der Waals surface area contributed by atoms with Crippen molar-refractivity contribution in [2.45, 2.75) is 206 Å². The van der Waals surface area contributed by atoms with Gasteiger partial charge >= 0.3 is 23.9 Å². The fourth-order valence-electron chi connectivity index (χ4n) is 8.01. The number of aliphatic hydroxyl groups excluding tert-OH is 15. The van der Waals surface area contributed by atoms with Crippen molar-refractivity contribution in [2.75, 3.05) is 46.5 Å². The number of hydrogen-bond acceptors (Lipinski definition) is 29. The molecule has 27 N–H and O–H groups in total. The van der Waals surface area contributed by atoms with Crippen molar-refractivity contribution in [1.29, 1.82) is 0 Å². The molecular formula is C52H91N9O31. The summed E-state index contributed by atoms with van der Waals surface area (Å²) in [5, 5.41) is 196. The third-order valence-corrected chi connectivity index (χ3v) is 13.6. The number of likely N-dealkylation sites (N-methyl/N-ethyl adjacent to an activating group) is 1. The van der Waals surface area contributed by atoms with E-state index in [1.165, 1.54) is 20.9 Å². The first-order valence-electron chi connectivity index (χ1n) is 28.8. The molecule has 0 spiro atoms. The Bertz CT molecular complexity index is 2360. The van der Waals surface area contributed by atoms with Crippen molar-refractivity contribution < 1.29 is 154 Å². The summed E-state index contributed by atoms with van der Waals surface area (Å²) in [4.78, 5) is 158. The zero-order valence-corrected chi connectivity index (χ0v) is 50.6. The molecule has 8 amide bonds. The average Bonchev–Trinajstić information content (AvgIpc) is 1.03.